The van der Waals surface area contributed by atoms with E-state index in [1.54, 1.807) is 11.4 Å². The van der Waals surface area contributed by atoms with Gasteiger partial charge in [0.05, 0.1) is 7.11 Å². The lowest BCUT2D eigenvalue weighted by Crippen LogP contribution is -2.36. The van der Waals surface area contributed by atoms with Crippen LogP contribution in [0.4, 0.5) is 0 Å². The first-order valence-electron chi connectivity index (χ1n) is 5.48. The predicted octanol–water partition coefficient (Wildman–Crippen LogP) is 1.21. The molecule has 1 aliphatic heterocycles. The van der Waals surface area contributed by atoms with E-state index < -0.39 is 10.0 Å². The third-order valence-electron chi connectivity index (χ3n) is 2.74. The molecule has 0 bridgehead atoms. The zero-order chi connectivity index (χ0) is 12.3. The minimum Gasteiger partial charge on any atom is -0.494 e. The summed E-state index contributed by atoms with van der Waals surface area (Å²) in [6.07, 6.45) is 2.12. The van der Waals surface area contributed by atoms with Crippen LogP contribution >= 0.6 is 23.7 Å². The van der Waals surface area contributed by atoms with Crippen molar-refractivity contribution in [3.05, 3.63) is 11.4 Å². The number of halogens is 1. The van der Waals surface area contributed by atoms with Crippen molar-refractivity contribution in [2.45, 2.75) is 23.1 Å². The van der Waals surface area contributed by atoms with Crippen molar-refractivity contribution in [3.8, 4) is 5.75 Å². The molecule has 1 aromatic heterocycles. The highest BCUT2D eigenvalue weighted by Gasteiger charge is 2.23. The van der Waals surface area contributed by atoms with Crippen molar-refractivity contribution >= 4 is 33.8 Å². The molecular formula is C10H17ClN2O3S2. The summed E-state index contributed by atoms with van der Waals surface area (Å²) in [5.41, 5.74) is 0. The highest BCUT2D eigenvalue weighted by atomic mass is 35.5. The van der Waals surface area contributed by atoms with Crippen LogP contribution in [0, 0.1) is 0 Å². The molecule has 8 heteroatoms. The first-order chi connectivity index (χ1) is 8.13. The van der Waals surface area contributed by atoms with E-state index in [2.05, 4.69) is 10.0 Å². The summed E-state index contributed by atoms with van der Waals surface area (Å²) < 4.78 is 31.9. The van der Waals surface area contributed by atoms with Crippen molar-refractivity contribution in [1.82, 2.24) is 10.0 Å². The number of methoxy groups -OCH3 is 1. The Morgan fingerprint density at radius 1 is 1.61 bits per heavy atom. The van der Waals surface area contributed by atoms with Crippen LogP contribution in [0.25, 0.3) is 0 Å². The van der Waals surface area contributed by atoms with E-state index in [1.807, 2.05) is 0 Å². The summed E-state index contributed by atoms with van der Waals surface area (Å²) in [6, 6.07) is 1.91. The summed E-state index contributed by atoms with van der Waals surface area (Å²) in [4.78, 5) is 0. The summed E-state index contributed by atoms with van der Waals surface area (Å²) in [6.45, 7) is 1.40. The predicted molar refractivity (Wildman–Crippen MR) is 74.3 cm³/mol. The van der Waals surface area contributed by atoms with Gasteiger partial charge in [0.25, 0.3) is 10.0 Å². The van der Waals surface area contributed by atoms with Crippen molar-refractivity contribution in [2.24, 2.45) is 0 Å². The van der Waals surface area contributed by atoms with Crippen LogP contribution in [0.2, 0.25) is 0 Å². The van der Waals surface area contributed by atoms with E-state index >= 15 is 0 Å². The smallest absolute Gasteiger partial charge is 0.253 e. The minimum absolute atomic E-state index is 0. The van der Waals surface area contributed by atoms with Gasteiger partial charge >= 0.3 is 0 Å². The van der Waals surface area contributed by atoms with Crippen LogP contribution in [0.1, 0.15) is 12.8 Å². The van der Waals surface area contributed by atoms with Gasteiger partial charge in [0, 0.05) is 12.6 Å². The quantitative estimate of drug-likeness (QED) is 0.857. The lowest BCUT2D eigenvalue weighted by molar-refractivity contribution is 0.406. The van der Waals surface area contributed by atoms with Gasteiger partial charge in [-0.05, 0) is 30.8 Å². The Balaban J connectivity index is 0.00000162. The largest absolute Gasteiger partial charge is 0.494 e. The molecule has 2 rings (SSSR count). The molecule has 18 heavy (non-hydrogen) atoms. The monoisotopic (exact) mass is 312 g/mol. The van der Waals surface area contributed by atoms with Gasteiger partial charge in [-0.25, -0.2) is 13.1 Å². The van der Waals surface area contributed by atoms with Crippen LogP contribution in [-0.2, 0) is 10.0 Å². The molecule has 2 heterocycles. The lowest BCUT2D eigenvalue weighted by Gasteiger charge is -2.11. The summed E-state index contributed by atoms with van der Waals surface area (Å²) >= 11 is 1.17. The molecule has 2 N–H and O–H groups in total. The number of hydrogen-bond acceptors (Lipinski definition) is 5. The third kappa shape index (κ3) is 3.58. The molecule has 0 saturated carbocycles. The number of hydrogen-bond donors (Lipinski definition) is 2. The van der Waals surface area contributed by atoms with Gasteiger partial charge in [0.1, 0.15) is 5.75 Å². The highest BCUT2D eigenvalue weighted by molar-refractivity contribution is 7.91. The molecule has 0 aliphatic carbocycles. The molecule has 1 aromatic rings. The van der Waals surface area contributed by atoms with Crippen LogP contribution in [0.3, 0.4) is 0 Å². The van der Waals surface area contributed by atoms with Gasteiger partial charge in [-0.3, -0.25) is 0 Å². The molecule has 1 unspecified atom stereocenters. The second-order valence-electron chi connectivity index (χ2n) is 3.92. The minimum atomic E-state index is -3.44. The normalized spacial score (nSPS) is 19.5. The maximum absolute atomic E-state index is 12.0. The van der Waals surface area contributed by atoms with Crippen LogP contribution in [0.15, 0.2) is 15.7 Å². The molecule has 0 radical (unpaired) electrons. The zero-order valence-corrected chi connectivity index (χ0v) is 12.5. The average Bonchev–Trinajstić information content (AvgIpc) is 2.97. The molecule has 0 amide bonds. The number of ether oxygens (including phenoxy) is 1. The first kappa shape index (κ1) is 15.7. The van der Waals surface area contributed by atoms with Crippen LogP contribution in [0.5, 0.6) is 5.75 Å². The molecule has 0 aromatic carbocycles. The number of rotatable bonds is 5. The van der Waals surface area contributed by atoms with E-state index in [-0.39, 0.29) is 22.7 Å². The lowest BCUT2D eigenvalue weighted by atomic mass is 10.2. The van der Waals surface area contributed by atoms with Crippen LogP contribution < -0.4 is 14.8 Å². The van der Waals surface area contributed by atoms with E-state index in [0.29, 0.717) is 12.3 Å². The van der Waals surface area contributed by atoms with Gasteiger partial charge in [-0.1, -0.05) is 0 Å². The molecule has 1 fully saturated rings. The Hall–Kier alpha value is -0.340. The van der Waals surface area contributed by atoms with Crippen molar-refractivity contribution in [3.63, 3.8) is 0 Å². The highest BCUT2D eigenvalue weighted by Crippen LogP contribution is 2.29. The van der Waals surface area contributed by atoms with Crippen LogP contribution in [-0.4, -0.2) is 34.7 Å². The number of sulfonamides is 1. The Kier molecular flexibility index (Phi) is 5.87. The van der Waals surface area contributed by atoms with Crippen molar-refractivity contribution < 1.29 is 13.2 Å². The Labute approximate surface area is 117 Å². The van der Waals surface area contributed by atoms with E-state index in [0.717, 1.165) is 19.4 Å². The van der Waals surface area contributed by atoms with Gasteiger partial charge in [0.15, 0.2) is 4.21 Å². The first-order valence-corrected chi connectivity index (χ1v) is 7.84. The van der Waals surface area contributed by atoms with Crippen molar-refractivity contribution in [2.75, 3.05) is 20.2 Å². The van der Waals surface area contributed by atoms with E-state index in [9.17, 15) is 8.42 Å². The molecule has 1 aliphatic rings. The maximum Gasteiger partial charge on any atom is 0.253 e. The fourth-order valence-electron chi connectivity index (χ4n) is 1.84. The van der Waals surface area contributed by atoms with Gasteiger partial charge < -0.3 is 10.1 Å². The Morgan fingerprint density at radius 3 is 3.00 bits per heavy atom. The third-order valence-corrected chi connectivity index (χ3v) is 5.61. The van der Waals surface area contributed by atoms with E-state index in [4.69, 9.17) is 4.74 Å². The number of thiophene rings is 1. The van der Waals surface area contributed by atoms with Gasteiger partial charge in [0.2, 0.25) is 0 Å². The molecule has 104 valence electrons. The summed E-state index contributed by atoms with van der Waals surface area (Å²) in [7, 11) is -1.97. The zero-order valence-electron chi connectivity index (χ0n) is 10.0. The topological polar surface area (TPSA) is 67.4 Å². The Morgan fingerprint density at radius 2 is 2.39 bits per heavy atom. The summed E-state index contributed by atoms with van der Waals surface area (Å²) in [5, 5.41) is 4.96. The molecule has 0 spiro atoms. The summed E-state index contributed by atoms with van der Waals surface area (Å²) in [5.74, 6) is 0.405. The molecule has 1 saturated heterocycles. The number of nitrogens with one attached hydrogen (secondary N) is 2. The standard InChI is InChI=1S/C10H16N2O3S2.ClH/c1-15-9-4-6-16-10(9)17(13,14)12-7-8-3-2-5-11-8;/h4,6,8,11-12H,2-3,5,7H2,1H3;1H. The second kappa shape index (κ2) is 6.72. The molecule has 1 atom stereocenters. The Bertz CT molecular complexity index is 469. The average molecular weight is 313 g/mol. The van der Waals surface area contributed by atoms with Crippen molar-refractivity contribution in [1.29, 1.82) is 0 Å². The SMILES string of the molecule is COc1ccsc1S(=O)(=O)NCC1CCCN1.Cl. The maximum atomic E-state index is 12.0. The fraction of sp³-hybridized carbons (Fsp3) is 0.600. The molecular weight excluding hydrogens is 296 g/mol. The molecule has 5 nitrogen and oxygen atoms in total. The van der Waals surface area contributed by atoms with E-state index in [1.165, 1.54) is 18.4 Å². The van der Waals surface area contributed by atoms with Gasteiger partial charge in [-0.2, -0.15) is 0 Å². The van der Waals surface area contributed by atoms with Gasteiger partial charge in [-0.15, -0.1) is 23.7 Å². The fourth-order valence-corrected chi connectivity index (χ4v) is 4.24. The second-order valence-corrected chi connectivity index (χ2v) is 6.80.